The van der Waals surface area contributed by atoms with Crippen LogP contribution in [0.5, 0.6) is 11.5 Å². The monoisotopic (exact) mass is 429 g/mol. The van der Waals surface area contributed by atoms with E-state index in [0.717, 1.165) is 12.8 Å². The first-order chi connectivity index (χ1) is 15.0. The van der Waals surface area contributed by atoms with Gasteiger partial charge in [-0.15, -0.1) is 0 Å². The van der Waals surface area contributed by atoms with Gasteiger partial charge in [-0.05, 0) is 18.9 Å². The summed E-state index contributed by atoms with van der Waals surface area (Å²) in [6, 6.07) is 3.52. The first kappa shape index (κ1) is 21.1. The van der Waals surface area contributed by atoms with Crippen molar-refractivity contribution >= 4 is 34.5 Å². The van der Waals surface area contributed by atoms with E-state index in [-0.39, 0.29) is 17.9 Å². The van der Waals surface area contributed by atoms with E-state index in [0.29, 0.717) is 67.0 Å². The molecular formula is C21H27N5O5. The Labute approximate surface area is 180 Å². The van der Waals surface area contributed by atoms with Gasteiger partial charge >= 0.3 is 0 Å². The van der Waals surface area contributed by atoms with Crippen LogP contribution in [0.15, 0.2) is 12.1 Å². The Kier molecular flexibility index (Phi) is 6.08. The number of fused-ring (bicyclic) bond motifs is 1. The van der Waals surface area contributed by atoms with Gasteiger partial charge in [0.15, 0.2) is 11.5 Å². The fourth-order valence-corrected chi connectivity index (χ4v) is 3.95. The molecule has 1 atom stereocenters. The number of methoxy groups -OCH3 is 2. The van der Waals surface area contributed by atoms with Crippen molar-refractivity contribution in [1.82, 2.24) is 14.9 Å². The number of carbonyl (C=O) groups excluding carboxylic acids is 2. The van der Waals surface area contributed by atoms with E-state index >= 15 is 0 Å². The lowest BCUT2D eigenvalue weighted by atomic mass is 10.2. The molecule has 1 N–H and O–H groups in total. The Morgan fingerprint density at radius 2 is 1.81 bits per heavy atom. The van der Waals surface area contributed by atoms with Gasteiger partial charge in [0.25, 0.3) is 5.91 Å². The third-order valence-electron chi connectivity index (χ3n) is 5.56. The van der Waals surface area contributed by atoms with Crippen LogP contribution in [0.2, 0.25) is 0 Å². The minimum Gasteiger partial charge on any atom is -0.493 e. The van der Waals surface area contributed by atoms with E-state index in [2.05, 4.69) is 10.3 Å². The maximum absolute atomic E-state index is 12.6. The van der Waals surface area contributed by atoms with Gasteiger partial charge in [0.1, 0.15) is 11.9 Å². The summed E-state index contributed by atoms with van der Waals surface area (Å²) in [4.78, 5) is 37.5. The second-order valence-corrected chi connectivity index (χ2v) is 7.59. The van der Waals surface area contributed by atoms with Crippen molar-refractivity contribution in [3.63, 3.8) is 0 Å². The molecule has 2 saturated heterocycles. The minimum absolute atomic E-state index is 0.0624. The number of ether oxygens (including phenoxy) is 3. The van der Waals surface area contributed by atoms with Gasteiger partial charge in [-0.25, -0.2) is 4.98 Å². The number of aromatic nitrogens is 2. The van der Waals surface area contributed by atoms with Gasteiger partial charge in [0, 0.05) is 51.2 Å². The highest BCUT2D eigenvalue weighted by molar-refractivity contribution is 6.00. The number of nitrogens with one attached hydrogen (secondary N) is 1. The maximum atomic E-state index is 12.6. The summed E-state index contributed by atoms with van der Waals surface area (Å²) in [6.07, 6.45) is 1.41. The molecule has 0 spiro atoms. The van der Waals surface area contributed by atoms with Crippen LogP contribution in [0.25, 0.3) is 10.9 Å². The molecule has 2 fully saturated rings. The molecule has 10 heteroatoms. The Morgan fingerprint density at radius 3 is 2.42 bits per heavy atom. The second-order valence-electron chi connectivity index (χ2n) is 7.59. The molecular weight excluding hydrogens is 402 g/mol. The number of carbonyl (C=O) groups is 2. The number of nitrogens with zero attached hydrogens (tertiary/aromatic N) is 4. The van der Waals surface area contributed by atoms with Crippen LogP contribution < -0.4 is 19.7 Å². The molecule has 0 bridgehead atoms. The van der Waals surface area contributed by atoms with Gasteiger partial charge in [0.2, 0.25) is 11.9 Å². The first-order valence-electron chi connectivity index (χ1n) is 10.4. The fraction of sp³-hybridized carbons (Fsp3) is 0.524. The molecule has 10 nitrogen and oxygen atoms in total. The molecule has 1 aromatic heterocycles. The van der Waals surface area contributed by atoms with Crippen molar-refractivity contribution in [3.05, 3.63) is 12.1 Å². The van der Waals surface area contributed by atoms with Crippen LogP contribution in [0.4, 0.5) is 11.8 Å². The Hall–Kier alpha value is -3.14. The van der Waals surface area contributed by atoms with Crippen molar-refractivity contribution < 1.29 is 23.8 Å². The number of piperazine rings is 1. The normalized spacial score (nSPS) is 18.9. The van der Waals surface area contributed by atoms with Crippen molar-refractivity contribution in [2.75, 3.05) is 57.2 Å². The van der Waals surface area contributed by atoms with E-state index in [1.165, 1.54) is 6.92 Å². The standard InChI is InChI=1S/C21H27N5O5/c1-13(27)22-19-14-11-17(29-2)18(30-3)12-15(14)23-21(24-19)26-8-6-25(7-9-26)20(28)16-5-4-10-31-16/h11-12,16H,4-10H2,1-3H3,(H,22,23,24,27). The summed E-state index contributed by atoms with van der Waals surface area (Å²) in [6.45, 7) is 4.42. The topological polar surface area (TPSA) is 106 Å². The van der Waals surface area contributed by atoms with Gasteiger partial charge in [0.05, 0.1) is 19.7 Å². The van der Waals surface area contributed by atoms with Crippen LogP contribution in [0, 0.1) is 0 Å². The summed E-state index contributed by atoms with van der Waals surface area (Å²) < 4.78 is 16.3. The van der Waals surface area contributed by atoms with Crippen LogP contribution in [0.1, 0.15) is 19.8 Å². The van der Waals surface area contributed by atoms with Gasteiger partial charge in [-0.2, -0.15) is 4.98 Å². The number of hydrogen-bond donors (Lipinski definition) is 1. The Bertz CT molecular complexity index is 984. The van der Waals surface area contributed by atoms with Gasteiger partial charge in [-0.1, -0.05) is 0 Å². The predicted octanol–water partition coefficient (Wildman–Crippen LogP) is 1.43. The third-order valence-corrected chi connectivity index (χ3v) is 5.56. The number of rotatable bonds is 5. The zero-order valence-corrected chi connectivity index (χ0v) is 18.0. The number of benzene rings is 1. The van der Waals surface area contributed by atoms with E-state index in [1.54, 1.807) is 26.4 Å². The van der Waals surface area contributed by atoms with Crippen LogP contribution in [0.3, 0.4) is 0 Å². The molecule has 31 heavy (non-hydrogen) atoms. The molecule has 2 aliphatic heterocycles. The summed E-state index contributed by atoms with van der Waals surface area (Å²) in [5.41, 5.74) is 0.629. The van der Waals surface area contributed by atoms with Crippen molar-refractivity contribution in [3.8, 4) is 11.5 Å². The summed E-state index contributed by atoms with van der Waals surface area (Å²) in [5, 5.41) is 3.44. The van der Waals surface area contributed by atoms with Crippen molar-refractivity contribution in [2.45, 2.75) is 25.9 Å². The molecule has 2 amide bonds. The predicted molar refractivity (Wildman–Crippen MR) is 115 cm³/mol. The van der Waals surface area contributed by atoms with Crippen LogP contribution >= 0.6 is 0 Å². The number of anilines is 2. The fourth-order valence-electron chi connectivity index (χ4n) is 3.95. The van der Waals surface area contributed by atoms with Crippen LogP contribution in [-0.2, 0) is 14.3 Å². The zero-order valence-electron chi connectivity index (χ0n) is 18.0. The minimum atomic E-state index is -0.308. The summed E-state index contributed by atoms with van der Waals surface area (Å²) in [5.74, 6) is 1.80. The molecule has 4 rings (SSSR count). The highest BCUT2D eigenvalue weighted by Crippen LogP contribution is 2.35. The average Bonchev–Trinajstić information content (AvgIpc) is 3.32. The molecule has 1 aromatic carbocycles. The molecule has 0 radical (unpaired) electrons. The second kappa shape index (κ2) is 8.93. The lowest BCUT2D eigenvalue weighted by Crippen LogP contribution is -2.51. The zero-order chi connectivity index (χ0) is 22.0. The third kappa shape index (κ3) is 4.34. The largest absolute Gasteiger partial charge is 0.493 e. The molecule has 166 valence electrons. The maximum Gasteiger partial charge on any atom is 0.251 e. The molecule has 0 saturated carbocycles. The van der Waals surface area contributed by atoms with E-state index in [1.807, 2.05) is 9.80 Å². The Balaban J connectivity index is 1.60. The van der Waals surface area contributed by atoms with E-state index < -0.39 is 0 Å². The molecule has 2 aliphatic rings. The SMILES string of the molecule is COc1cc2nc(N3CCN(C(=O)C4CCCO4)CC3)nc(NC(C)=O)c2cc1OC. The van der Waals surface area contributed by atoms with Crippen molar-refractivity contribution in [1.29, 1.82) is 0 Å². The van der Waals surface area contributed by atoms with Gasteiger partial charge in [-0.3, -0.25) is 9.59 Å². The smallest absolute Gasteiger partial charge is 0.251 e. The lowest BCUT2D eigenvalue weighted by Gasteiger charge is -2.35. The van der Waals surface area contributed by atoms with Crippen molar-refractivity contribution in [2.24, 2.45) is 0 Å². The molecule has 2 aromatic rings. The first-order valence-corrected chi connectivity index (χ1v) is 10.4. The summed E-state index contributed by atoms with van der Waals surface area (Å²) in [7, 11) is 3.11. The number of amides is 2. The van der Waals surface area contributed by atoms with Gasteiger partial charge < -0.3 is 29.3 Å². The highest BCUT2D eigenvalue weighted by atomic mass is 16.5. The van der Waals surface area contributed by atoms with E-state index in [4.69, 9.17) is 19.2 Å². The Morgan fingerprint density at radius 1 is 1.10 bits per heavy atom. The summed E-state index contributed by atoms with van der Waals surface area (Å²) >= 11 is 0. The average molecular weight is 429 g/mol. The lowest BCUT2D eigenvalue weighted by molar-refractivity contribution is -0.141. The van der Waals surface area contributed by atoms with Crippen LogP contribution in [-0.4, -0.2) is 79.8 Å². The molecule has 1 unspecified atom stereocenters. The molecule has 0 aliphatic carbocycles. The quantitative estimate of drug-likeness (QED) is 0.761. The highest BCUT2D eigenvalue weighted by Gasteiger charge is 2.31. The number of hydrogen-bond acceptors (Lipinski definition) is 8. The molecule has 3 heterocycles. The van der Waals surface area contributed by atoms with E-state index in [9.17, 15) is 9.59 Å².